The van der Waals surface area contributed by atoms with E-state index in [2.05, 4.69) is 39.4 Å². The van der Waals surface area contributed by atoms with Gasteiger partial charge in [-0.05, 0) is 53.1 Å². The lowest BCUT2D eigenvalue weighted by molar-refractivity contribution is 0.147. The number of nitrogens with zero attached hydrogens (tertiary/aromatic N) is 3. The van der Waals surface area contributed by atoms with Crippen LogP contribution in [0.25, 0.3) is 0 Å². The largest absolute Gasteiger partial charge is 0.444 e. The summed E-state index contributed by atoms with van der Waals surface area (Å²) in [7, 11) is 0. The van der Waals surface area contributed by atoms with Crippen LogP contribution in [0.15, 0.2) is 9.41 Å². The Morgan fingerprint density at radius 3 is 2.73 bits per heavy atom. The van der Waals surface area contributed by atoms with Crippen LogP contribution in [0.4, 0.5) is 0 Å². The molecule has 0 radical (unpaired) electrons. The number of rotatable bonds is 8. The molecule has 2 rings (SSSR count). The summed E-state index contributed by atoms with van der Waals surface area (Å²) in [6.45, 7) is 13.0. The monoisotopic (exact) mass is 477 g/mol. The molecule has 1 aromatic rings. The normalized spacial score (nSPS) is 18.5. The minimum absolute atomic E-state index is 0. The van der Waals surface area contributed by atoms with E-state index in [0.29, 0.717) is 18.5 Å². The van der Waals surface area contributed by atoms with Crippen molar-refractivity contribution in [2.45, 2.75) is 72.4 Å². The minimum Gasteiger partial charge on any atom is -0.444 e. The van der Waals surface area contributed by atoms with Gasteiger partial charge in [0, 0.05) is 19.1 Å². The highest BCUT2D eigenvalue weighted by molar-refractivity contribution is 14.0. The molecule has 26 heavy (non-hydrogen) atoms. The first kappa shape index (κ1) is 23.2. The van der Waals surface area contributed by atoms with E-state index in [1.807, 2.05) is 13.8 Å². The van der Waals surface area contributed by atoms with E-state index >= 15 is 0 Å². The predicted molar refractivity (Wildman–Crippen MR) is 118 cm³/mol. The van der Waals surface area contributed by atoms with Crippen LogP contribution < -0.4 is 10.6 Å². The van der Waals surface area contributed by atoms with Gasteiger partial charge in [0.1, 0.15) is 12.3 Å². The summed E-state index contributed by atoms with van der Waals surface area (Å²) in [5.74, 6) is 2.39. The maximum atomic E-state index is 5.62. The topological polar surface area (TPSA) is 65.7 Å². The van der Waals surface area contributed by atoms with Crippen LogP contribution in [0.1, 0.15) is 63.3 Å². The van der Waals surface area contributed by atoms with E-state index in [9.17, 15) is 0 Å². The maximum Gasteiger partial charge on any atom is 0.216 e. The summed E-state index contributed by atoms with van der Waals surface area (Å²) >= 11 is 0. The molecule has 1 aliphatic heterocycles. The van der Waals surface area contributed by atoms with Crippen molar-refractivity contribution < 1.29 is 4.42 Å². The first-order chi connectivity index (χ1) is 12.1. The van der Waals surface area contributed by atoms with Gasteiger partial charge in [0.05, 0.1) is 5.69 Å². The van der Waals surface area contributed by atoms with Crippen molar-refractivity contribution in [3.63, 3.8) is 0 Å². The second kappa shape index (κ2) is 12.5. The Morgan fingerprint density at radius 1 is 1.27 bits per heavy atom. The summed E-state index contributed by atoms with van der Waals surface area (Å²) in [5.41, 5.74) is 0.942. The summed E-state index contributed by atoms with van der Waals surface area (Å²) in [5, 5.41) is 6.84. The number of hydrogen-bond acceptors (Lipinski definition) is 4. The molecule has 1 aromatic heterocycles. The van der Waals surface area contributed by atoms with E-state index < -0.39 is 0 Å². The predicted octanol–water partition coefficient (Wildman–Crippen LogP) is 3.62. The number of oxazole rings is 1. The standard InChI is InChI=1S/C19H35N5O.HI/c1-5-7-11-24-12-9-8-10-17(24)13-21-19(20-6-2)22-14-18-23-15(3)16(4)25-18;/h17H,5-14H2,1-4H3,(H2,20,21,22);1H. The van der Waals surface area contributed by atoms with Gasteiger partial charge in [0.25, 0.3) is 0 Å². The average Bonchev–Trinajstić information content (AvgIpc) is 2.94. The van der Waals surface area contributed by atoms with Gasteiger partial charge in [-0.1, -0.05) is 19.8 Å². The Labute approximate surface area is 175 Å². The molecule has 150 valence electrons. The lowest BCUT2D eigenvalue weighted by atomic mass is 10.0. The van der Waals surface area contributed by atoms with Crippen LogP contribution in [-0.2, 0) is 6.54 Å². The van der Waals surface area contributed by atoms with Gasteiger partial charge in [0.2, 0.25) is 5.89 Å². The second-order valence-electron chi connectivity index (χ2n) is 6.86. The SMILES string of the molecule is CCCCN1CCCCC1CNC(=NCc1nc(C)c(C)o1)NCC.I. The molecule has 0 spiro atoms. The lowest BCUT2D eigenvalue weighted by Gasteiger charge is -2.36. The van der Waals surface area contributed by atoms with E-state index in [1.165, 1.54) is 45.2 Å². The third-order valence-corrected chi connectivity index (χ3v) is 4.84. The quantitative estimate of drug-likeness (QED) is 0.340. The molecule has 1 fully saturated rings. The molecule has 1 atom stereocenters. The third-order valence-electron chi connectivity index (χ3n) is 4.84. The number of aryl methyl sites for hydroxylation is 2. The number of halogens is 1. The Morgan fingerprint density at radius 2 is 2.08 bits per heavy atom. The molecule has 1 aliphatic rings. The van der Waals surface area contributed by atoms with Gasteiger partial charge in [-0.15, -0.1) is 24.0 Å². The fourth-order valence-corrected chi connectivity index (χ4v) is 3.26. The molecule has 1 saturated heterocycles. The second-order valence-corrected chi connectivity index (χ2v) is 6.86. The average molecular weight is 477 g/mol. The summed E-state index contributed by atoms with van der Waals surface area (Å²) in [6, 6.07) is 0.607. The van der Waals surface area contributed by atoms with Crippen molar-refractivity contribution in [2.24, 2.45) is 4.99 Å². The highest BCUT2D eigenvalue weighted by atomic mass is 127. The van der Waals surface area contributed by atoms with Crippen LogP contribution in [0.5, 0.6) is 0 Å². The summed E-state index contributed by atoms with van der Waals surface area (Å²) < 4.78 is 5.62. The van der Waals surface area contributed by atoms with Crippen molar-refractivity contribution in [1.29, 1.82) is 0 Å². The smallest absolute Gasteiger partial charge is 0.216 e. The number of unbranched alkanes of at least 4 members (excludes halogenated alkanes) is 1. The number of guanidine groups is 1. The zero-order chi connectivity index (χ0) is 18.1. The maximum absolute atomic E-state index is 5.62. The highest BCUT2D eigenvalue weighted by Gasteiger charge is 2.21. The molecule has 0 bridgehead atoms. The first-order valence-corrected chi connectivity index (χ1v) is 9.83. The van der Waals surface area contributed by atoms with Gasteiger partial charge < -0.3 is 15.1 Å². The fourth-order valence-electron chi connectivity index (χ4n) is 3.26. The Balaban J connectivity index is 0.00000338. The van der Waals surface area contributed by atoms with Gasteiger partial charge in [0.15, 0.2) is 5.96 Å². The first-order valence-electron chi connectivity index (χ1n) is 9.83. The van der Waals surface area contributed by atoms with Gasteiger partial charge in [-0.25, -0.2) is 9.98 Å². The lowest BCUT2D eigenvalue weighted by Crippen LogP contribution is -2.49. The number of likely N-dealkylation sites (tertiary alicyclic amines) is 1. The van der Waals surface area contributed by atoms with Crippen LogP contribution in [0, 0.1) is 13.8 Å². The number of nitrogens with one attached hydrogen (secondary N) is 2. The molecule has 0 amide bonds. The number of piperidine rings is 1. The molecular formula is C19H36IN5O. The molecule has 0 aliphatic carbocycles. The number of aromatic nitrogens is 1. The van der Waals surface area contributed by atoms with Crippen LogP contribution >= 0.6 is 24.0 Å². The fraction of sp³-hybridized carbons (Fsp3) is 0.789. The van der Waals surface area contributed by atoms with Crippen LogP contribution in [0.2, 0.25) is 0 Å². The zero-order valence-corrected chi connectivity index (χ0v) is 19.1. The van der Waals surface area contributed by atoms with E-state index in [0.717, 1.165) is 30.5 Å². The Bertz CT molecular complexity index is 527. The molecule has 2 N–H and O–H groups in total. The van der Waals surface area contributed by atoms with Crippen molar-refractivity contribution in [2.75, 3.05) is 26.2 Å². The molecule has 1 unspecified atom stereocenters. The minimum atomic E-state index is 0. The van der Waals surface area contributed by atoms with Crippen molar-refractivity contribution in [1.82, 2.24) is 20.5 Å². The van der Waals surface area contributed by atoms with Gasteiger partial charge in [-0.3, -0.25) is 4.90 Å². The molecule has 6 nitrogen and oxygen atoms in total. The Kier molecular flexibility index (Phi) is 11.2. The molecule has 7 heteroatoms. The third kappa shape index (κ3) is 7.42. The number of hydrogen-bond donors (Lipinski definition) is 2. The Hall–Kier alpha value is -0.830. The van der Waals surface area contributed by atoms with Crippen LogP contribution in [-0.4, -0.2) is 48.1 Å². The summed E-state index contributed by atoms with van der Waals surface area (Å²) in [4.78, 5) is 11.7. The molecule has 0 aromatic carbocycles. The molecule has 0 saturated carbocycles. The van der Waals surface area contributed by atoms with Gasteiger partial charge >= 0.3 is 0 Å². The van der Waals surface area contributed by atoms with E-state index in [-0.39, 0.29) is 24.0 Å². The van der Waals surface area contributed by atoms with Crippen molar-refractivity contribution in [3.8, 4) is 0 Å². The summed E-state index contributed by atoms with van der Waals surface area (Å²) in [6.07, 6.45) is 6.48. The van der Waals surface area contributed by atoms with E-state index in [4.69, 9.17) is 4.42 Å². The highest BCUT2D eigenvalue weighted by Crippen LogP contribution is 2.17. The number of aliphatic imine (C=N–C) groups is 1. The van der Waals surface area contributed by atoms with E-state index in [1.54, 1.807) is 0 Å². The van der Waals surface area contributed by atoms with Crippen LogP contribution in [0.3, 0.4) is 0 Å². The van der Waals surface area contributed by atoms with Crippen molar-refractivity contribution in [3.05, 3.63) is 17.3 Å². The van der Waals surface area contributed by atoms with Gasteiger partial charge in [-0.2, -0.15) is 0 Å². The zero-order valence-electron chi connectivity index (χ0n) is 16.8. The van der Waals surface area contributed by atoms with Crippen molar-refractivity contribution >= 4 is 29.9 Å². The molecular weight excluding hydrogens is 441 g/mol. The molecule has 2 heterocycles.